The van der Waals surface area contributed by atoms with Gasteiger partial charge in [0.1, 0.15) is 6.61 Å². The van der Waals surface area contributed by atoms with E-state index >= 15 is 0 Å². The molecule has 0 aliphatic carbocycles. The molecule has 5 heteroatoms. The Morgan fingerprint density at radius 3 is 3.00 bits per heavy atom. The summed E-state index contributed by atoms with van der Waals surface area (Å²) in [5, 5.41) is 0. The number of carbonyl (C=O) groups is 2. The van der Waals surface area contributed by atoms with Crippen molar-refractivity contribution in [3.63, 3.8) is 0 Å². The van der Waals surface area contributed by atoms with Crippen LogP contribution in [0.15, 0.2) is 12.3 Å². The SMILES string of the molecule is C/C=C/OC(=O)C1COC(=O)O1. The molecule has 1 fully saturated rings. The lowest BCUT2D eigenvalue weighted by Gasteiger charge is -2.01. The third-order valence-electron chi connectivity index (χ3n) is 1.17. The van der Waals surface area contributed by atoms with Crippen LogP contribution in [-0.2, 0) is 19.0 Å². The van der Waals surface area contributed by atoms with Gasteiger partial charge in [0.15, 0.2) is 0 Å². The van der Waals surface area contributed by atoms with Crippen molar-refractivity contribution in [2.24, 2.45) is 0 Å². The third-order valence-corrected chi connectivity index (χ3v) is 1.17. The maximum absolute atomic E-state index is 10.9. The van der Waals surface area contributed by atoms with E-state index in [-0.39, 0.29) is 6.61 Å². The first-order valence-electron chi connectivity index (χ1n) is 3.39. The van der Waals surface area contributed by atoms with Gasteiger partial charge in [-0.25, -0.2) is 9.59 Å². The molecule has 0 saturated carbocycles. The van der Waals surface area contributed by atoms with Gasteiger partial charge in [-0.15, -0.1) is 0 Å². The first-order valence-corrected chi connectivity index (χ1v) is 3.39. The predicted molar refractivity (Wildman–Crippen MR) is 37.1 cm³/mol. The predicted octanol–water partition coefficient (Wildman–Crippen LogP) is 0.599. The number of hydrogen-bond donors (Lipinski definition) is 0. The molecule has 12 heavy (non-hydrogen) atoms. The molecule has 1 atom stereocenters. The highest BCUT2D eigenvalue weighted by atomic mass is 16.8. The van der Waals surface area contributed by atoms with E-state index in [1.54, 1.807) is 13.0 Å². The molecule has 0 aromatic heterocycles. The summed E-state index contributed by atoms with van der Waals surface area (Å²) in [4.78, 5) is 21.3. The van der Waals surface area contributed by atoms with E-state index < -0.39 is 18.2 Å². The Bertz CT molecular complexity index is 220. The van der Waals surface area contributed by atoms with Crippen molar-refractivity contribution in [3.8, 4) is 0 Å². The zero-order valence-electron chi connectivity index (χ0n) is 6.48. The molecule has 0 spiro atoms. The molecule has 1 heterocycles. The van der Waals surface area contributed by atoms with Gasteiger partial charge in [-0.3, -0.25) is 0 Å². The van der Waals surface area contributed by atoms with Gasteiger partial charge >= 0.3 is 12.1 Å². The normalized spacial score (nSPS) is 22.1. The summed E-state index contributed by atoms with van der Waals surface area (Å²) in [6, 6.07) is 0. The molecule has 0 aromatic carbocycles. The van der Waals surface area contributed by atoms with Crippen LogP contribution in [0.1, 0.15) is 6.92 Å². The van der Waals surface area contributed by atoms with E-state index in [4.69, 9.17) is 0 Å². The molecule has 0 N–H and O–H groups in total. The van der Waals surface area contributed by atoms with Crippen molar-refractivity contribution < 1.29 is 23.8 Å². The average Bonchev–Trinajstić information content (AvgIpc) is 2.47. The minimum Gasteiger partial charge on any atom is -0.432 e. The monoisotopic (exact) mass is 172 g/mol. The van der Waals surface area contributed by atoms with Crippen LogP contribution in [0.4, 0.5) is 4.79 Å². The number of allylic oxidation sites excluding steroid dienone is 1. The average molecular weight is 172 g/mol. The van der Waals surface area contributed by atoms with E-state index in [9.17, 15) is 9.59 Å². The van der Waals surface area contributed by atoms with Crippen LogP contribution < -0.4 is 0 Å². The van der Waals surface area contributed by atoms with E-state index in [0.717, 1.165) is 0 Å². The molecule has 5 nitrogen and oxygen atoms in total. The quantitative estimate of drug-likeness (QED) is 0.450. The van der Waals surface area contributed by atoms with Crippen LogP contribution in [-0.4, -0.2) is 24.8 Å². The van der Waals surface area contributed by atoms with Crippen LogP contribution >= 0.6 is 0 Å². The summed E-state index contributed by atoms with van der Waals surface area (Å²) in [5.74, 6) is -0.626. The molecule has 66 valence electrons. The fourth-order valence-electron chi connectivity index (χ4n) is 0.655. The second kappa shape index (κ2) is 3.75. The molecule has 1 saturated heterocycles. The van der Waals surface area contributed by atoms with Crippen molar-refractivity contribution in [3.05, 3.63) is 12.3 Å². The van der Waals surface area contributed by atoms with Crippen molar-refractivity contribution >= 4 is 12.1 Å². The van der Waals surface area contributed by atoms with Gasteiger partial charge in [0.2, 0.25) is 6.10 Å². The molecule has 0 amide bonds. The lowest BCUT2D eigenvalue weighted by atomic mass is 10.4. The summed E-state index contributed by atoms with van der Waals surface area (Å²) in [5.41, 5.74) is 0. The number of ether oxygens (including phenoxy) is 3. The highest BCUT2D eigenvalue weighted by molar-refractivity contribution is 5.80. The number of esters is 1. The van der Waals surface area contributed by atoms with Gasteiger partial charge in [0.25, 0.3) is 0 Å². The second-order valence-corrected chi connectivity index (χ2v) is 2.07. The highest BCUT2D eigenvalue weighted by Crippen LogP contribution is 2.07. The topological polar surface area (TPSA) is 61.8 Å². The number of rotatable bonds is 2. The van der Waals surface area contributed by atoms with Crippen LogP contribution in [0.3, 0.4) is 0 Å². The Morgan fingerprint density at radius 2 is 2.50 bits per heavy atom. The summed E-state index contributed by atoms with van der Waals surface area (Å²) >= 11 is 0. The maximum atomic E-state index is 10.9. The molecular weight excluding hydrogens is 164 g/mol. The minimum absolute atomic E-state index is 0.0742. The molecule has 0 aromatic rings. The van der Waals surface area contributed by atoms with Gasteiger partial charge < -0.3 is 14.2 Å². The van der Waals surface area contributed by atoms with Crippen molar-refractivity contribution in [2.45, 2.75) is 13.0 Å². The van der Waals surface area contributed by atoms with Gasteiger partial charge in [-0.05, 0) is 6.92 Å². The number of carbonyl (C=O) groups excluding carboxylic acids is 2. The van der Waals surface area contributed by atoms with E-state index in [2.05, 4.69) is 14.2 Å². The Morgan fingerprint density at radius 1 is 1.75 bits per heavy atom. The first-order chi connectivity index (χ1) is 5.74. The van der Waals surface area contributed by atoms with Gasteiger partial charge in [0.05, 0.1) is 6.26 Å². The summed E-state index contributed by atoms with van der Waals surface area (Å²) in [6.45, 7) is 1.62. The van der Waals surface area contributed by atoms with Gasteiger partial charge in [-0.2, -0.15) is 0 Å². The first kappa shape index (κ1) is 8.58. The fraction of sp³-hybridized carbons (Fsp3) is 0.429. The Labute approximate surface area is 68.9 Å². The standard InChI is InChI=1S/C7H8O5/c1-2-3-10-6(8)5-4-11-7(9)12-5/h2-3,5H,4H2,1H3/b3-2+. The molecule has 1 aliphatic rings. The van der Waals surface area contributed by atoms with E-state index in [1.165, 1.54) is 6.26 Å². The van der Waals surface area contributed by atoms with Crippen LogP contribution in [0.5, 0.6) is 0 Å². The Hall–Kier alpha value is -1.52. The van der Waals surface area contributed by atoms with Crippen LogP contribution in [0.25, 0.3) is 0 Å². The molecule has 0 radical (unpaired) electrons. The summed E-state index contributed by atoms with van der Waals surface area (Å²) in [6.07, 6.45) is 1.01. The zero-order valence-corrected chi connectivity index (χ0v) is 6.48. The van der Waals surface area contributed by atoms with Crippen molar-refractivity contribution in [1.29, 1.82) is 0 Å². The number of cyclic esters (lactones) is 2. The highest BCUT2D eigenvalue weighted by Gasteiger charge is 2.32. The molecule has 0 bridgehead atoms. The number of hydrogen-bond acceptors (Lipinski definition) is 5. The fourth-order valence-corrected chi connectivity index (χ4v) is 0.655. The Kier molecular flexibility index (Phi) is 2.68. The van der Waals surface area contributed by atoms with E-state index in [0.29, 0.717) is 0 Å². The Balaban J connectivity index is 2.38. The molecule has 1 unspecified atom stereocenters. The molecule has 1 rings (SSSR count). The van der Waals surface area contributed by atoms with Gasteiger partial charge in [-0.1, -0.05) is 6.08 Å². The van der Waals surface area contributed by atoms with Crippen LogP contribution in [0, 0.1) is 0 Å². The van der Waals surface area contributed by atoms with E-state index in [1.807, 2.05) is 0 Å². The smallest absolute Gasteiger partial charge is 0.432 e. The molecule has 1 aliphatic heterocycles. The molecular formula is C7H8O5. The third kappa shape index (κ3) is 1.98. The lowest BCUT2D eigenvalue weighted by Crippen LogP contribution is -2.23. The summed E-state index contributed by atoms with van der Waals surface area (Å²) in [7, 11) is 0. The van der Waals surface area contributed by atoms with Crippen molar-refractivity contribution in [1.82, 2.24) is 0 Å². The summed E-state index contributed by atoms with van der Waals surface area (Å²) < 4.78 is 13.4. The van der Waals surface area contributed by atoms with Gasteiger partial charge in [0, 0.05) is 0 Å². The van der Waals surface area contributed by atoms with Crippen LogP contribution in [0.2, 0.25) is 0 Å². The largest absolute Gasteiger partial charge is 0.509 e. The maximum Gasteiger partial charge on any atom is 0.509 e. The zero-order chi connectivity index (χ0) is 8.97. The second-order valence-electron chi connectivity index (χ2n) is 2.07. The lowest BCUT2D eigenvalue weighted by molar-refractivity contribution is -0.145. The van der Waals surface area contributed by atoms with Crippen molar-refractivity contribution in [2.75, 3.05) is 6.61 Å². The minimum atomic E-state index is -0.923.